The molecule has 0 saturated heterocycles. The first-order valence-corrected chi connectivity index (χ1v) is 5.84. The molecule has 17 heavy (non-hydrogen) atoms. The molecule has 1 heterocycles. The summed E-state index contributed by atoms with van der Waals surface area (Å²) in [5.74, 6) is 0.0559. The van der Waals surface area contributed by atoms with Crippen molar-refractivity contribution in [3.63, 3.8) is 0 Å². The van der Waals surface area contributed by atoms with Crippen LogP contribution in [0.1, 0.15) is 19.4 Å². The molecule has 1 aromatic rings. The molecule has 0 aliphatic heterocycles. The van der Waals surface area contributed by atoms with Crippen molar-refractivity contribution >= 4 is 5.91 Å². The maximum absolute atomic E-state index is 11.7. The molecule has 1 amide bonds. The Bertz CT molecular complexity index is 349. The molecule has 0 bridgehead atoms. The third kappa shape index (κ3) is 5.45. The Morgan fingerprint density at radius 3 is 2.53 bits per heavy atom. The quantitative estimate of drug-likeness (QED) is 0.773. The summed E-state index contributed by atoms with van der Waals surface area (Å²) in [5, 5.41) is 6.08. The Hall–Kier alpha value is -1.42. The third-order valence-corrected chi connectivity index (χ3v) is 2.53. The van der Waals surface area contributed by atoms with Gasteiger partial charge in [-0.3, -0.25) is 9.78 Å². The largest absolute Gasteiger partial charge is 0.355 e. The fourth-order valence-electron chi connectivity index (χ4n) is 1.63. The van der Waals surface area contributed by atoms with Gasteiger partial charge >= 0.3 is 0 Å². The van der Waals surface area contributed by atoms with Crippen molar-refractivity contribution in [1.82, 2.24) is 15.6 Å². The number of amides is 1. The van der Waals surface area contributed by atoms with Crippen LogP contribution in [-0.4, -0.2) is 31.0 Å². The number of carbonyl (C=O) groups is 1. The average Bonchev–Trinajstić information content (AvgIpc) is 2.28. The van der Waals surface area contributed by atoms with Crippen LogP contribution in [0, 0.1) is 5.41 Å². The lowest BCUT2D eigenvalue weighted by Gasteiger charge is -2.24. The monoisotopic (exact) mass is 235 g/mol. The molecule has 0 radical (unpaired) electrons. The summed E-state index contributed by atoms with van der Waals surface area (Å²) in [4.78, 5) is 15.6. The van der Waals surface area contributed by atoms with Gasteiger partial charge in [-0.2, -0.15) is 0 Å². The Kier molecular flexibility index (Phi) is 5.10. The van der Waals surface area contributed by atoms with E-state index >= 15 is 0 Å². The van der Waals surface area contributed by atoms with E-state index in [2.05, 4.69) is 29.5 Å². The zero-order chi connectivity index (χ0) is 12.7. The highest BCUT2D eigenvalue weighted by Gasteiger charge is 2.17. The molecule has 94 valence electrons. The summed E-state index contributed by atoms with van der Waals surface area (Å²) in [6.07, 6.45) is 3.82. The van der Waals surface area contributed by atoms with Crippen LogP contribution in [0.4, 0.5) is 0 Å². The van der Waals surface area contributed by atoms with Crippen molar-refractivity contribution in [2.24, 2.45) is 5.41 Å². The van der Waals surface area contributed by atoms with Gasteiger partial charge in [-0.25, -0.2) is 0 Å². The summed E-state index contributed by atoms with van der Waals surface area (Å²) in [6, 6.07) is 3.72. The molecule has 4 heteroatoms. The minimum Gasteiger partial charge on any atom is -0.355 e. The molecular weight excluding hydrogens is 214 g/mol. The number of hydrogen-bond acceptors (Lipinski definition) is 3. The van der Waals surface area contributed by atoms with Crippen LogP contribution < -0.4 is 10.6 Å². The molecule has 0 saturated carbocycles. The van der Waals surface area contributed by atoms with E-state index in [1.54, 1.807) is 12.4 Å². The Labute approximate surface area is 103 Å². The Balaban J connectivity index is 2.36. The van der Waals surface area contributed by atoms with Gasteiger partial charge < -0.3 is 10.6 Å². The van der Waals surface area contributed by atoms with Crippen molar-refractivity contribution in [2.75, 3.05) is 20.1 Å². The predicted molar refractivity (Wildman–Crippen MR) is 68.7 cm³/mol. The lowest BCUT2D eigenvalue weighted by Crippen LogP contribution is -2.39. The van der Waals surface area contributed by atoms with E-state index in [4.69, 9.17) is 0 Å². The number of carbonyl (C=O) groups excluding carboxylic acids is 1. The Morgan fingerprint density at radius 2 is 1.94 bits per heavy atom. The molecule has 0 unspecified atom stereocenters. The van der Waals surface area contributed by atoms with E-state index in [9.17, 15) is 4.79 Å². The standard InChI is InChI=1S/C13H21N3O/c1-13(2,9-14-3)10-16-12(17)8-11-4-6-15-7-5-11/h4-7,14H,8-10H2,1-3H3,(H,16,17). The fraction of sp³-hybridized carbons (Fsp3) is 0.538. The van der Waals surface area contributed by atoms with Gasteiger partial charge in [0.1, 0.15) is 0 Å². The molecule has 0 aliphatic carbocycles. The van der Waals surface area contributed by atoms with E-state index < -0.39 is 0 Å². The summed E-state index contributed by atoms with van der Waals surface area (Å²) < 4.78 is 0. The van der Waals surface area contributed by atoms with Crippen molar-refractivity contribution in [2.45, 2.75) is 20.3 Å². The van der Waals surface area contributed by atoms with Gasteiger partial charge in [0.15, 0.2) is 0 Å². The molecule has 1 aromatic heterocycles. The molecular formula is C13H21N3O. The van der Waals surface area contributed by atoms with Crippen LogP contribution in [0.3, 0.4) is 0 Å². The van der Waals surface area contributed by atoms with Crippen LogP contribution in [0.2, 0.25) is 0 Å². The summed E-state index contributed by atoms with van der Waals surface area (Å²) in [5.41, 5.74) is 1.06. The molecule has 0 atom stereocenters. The number of hydrogen-bond donors (Lipinski definition) is 2. The summed E-state index contributed by atoms with van der Waals surface area (Å²) in [6.45, 7) is 5.80. The molecule has 4 nitrogen and oxygen atoms in total. The first kappa shape index (κ1) is 13.6. The van der Waals surface area contributed by atoms with Crippen LogP contribution in [0.25, 0.3) is 0 Å². The number of nitrogens with zero attached hydrogens (tertiary/aromatic N) is 1. The van der Waals surface area contributed by atoms with Crippen LogP contribution in [-0.2, 0) is 11.2 Å². The van der Waals surface area contributed by atoms with Crippen molar-refractivity contribution in [3.05, 3.63) is 30.1 Å². The first-order valence-electron chi connectivity index (χ1n) is 5.84. The minimum absolute atomic E-state index is 0.0559. The van der Waals surface area contributed by atoms with Crippen LogP contribution >= 0.6 is 0 Å². The lowest BCUT2D eigenvalue weighted by atomic mass is 9.93. The average molecular weight is 235 g/mol. The predicted octanol–water partition coefficient (Wildman–Crippen LogP) is 0.986. The topological polar surface area (TPSA) is 54.0 Å². The van der Waals surface area contributed by atoms with Crippen molar-refractivity contribution in [3.8, 4) is 0 Å². The zero-order valence-corrected chi connectivity index (χ0v) is 10.8. The minimum atomic E-state index is 0.0559. The maximum Gasteiger partial charge on any atom is 0.224 e. The molecule has 1 rings (SSSR count). The molecule has 0 aliphatic rings. The number of aromatic nitrogens is 1. The highest BCUT2D eigenvalue weighted by atomic mass is 16.1. The molecule has 0 fully saturated rings. The maximum atomic E-state index is 11.7. The van der Waals surface area contributed by atoms with E-state index in [0.29, 0.717) is 13.0 Å². The highest BCUT2D eigenvalue weighted by molar-refractivity contribution is 5.78. The zero-order valence-electron chi connectivity index (χ0n) is 10.8. The second-order valence-electron chi connectivity index (χ2n) is 5.00. The lowest BCUT2D eigenvalue weighted by molar-refractivity contribution is -0.120. The van der Waals surface area contributed by atoms with Gasteiger partial charge in [-0.1, -0.05) is 13.8 Å². The first-order chi connectivity index (χ1) is 8.03. The second kappa shape index (κ2) is 6.35. The van der Waals surface area contributed by atoms with Crippen LogP contribution in [0.15, 0.2) is 24.5 Å². The summed E-state index contributed by atoms with van der Waals surface area (Å²) >= 11 is 0. The van der Waals surface area contributed by atoms with Gasteiger partial charge in [-0.15, -0.1) is 0 Å². The Morgan fingerprint density at radius 1 is 1.29 bits per heavy atom. The van der Waals surface area contributed by atoms with Crippen LogP contribution in [0.5, 0.6) is 0 Å². The smallest absolute Gasteiger partial charge is 0.224 e. The van der Waals surface area contributed by atoms with Gasteiger partial charge in [-0.05, 0) is 30.2 Å². The molecule has 0 aromatic carbocycles. The van der Waals surface area contributed by atoms with Crippen molar-refractivity contribution in [1.29, 1.82) is 0 Å². The number of pyridine rings is 1. The third-order valence-electron chi connectivity index (χ3n) is 2.53. The van der Waals surface area contributed by atoms with E-state index in [0.717, 1.165) is 12.1 Å². The van der Waals surface area contributed by atoms with Gasteiger partial charge in [0.05, 0.1) is 6.42 Å². The van der Waals surface area contributed by atoms with Gasteiger partial charge in [0, 0.05) is 25.5 Å². The van der Waals surface area contributed by atoms with E-state index in [-0.39, 0.29) is 11.3 Å². The highest BCUT2D eigenvalue weighted by Crippen LogP contribution is 2.11. The van der Waals surface area contributed by atoms with Gasteiger partial charge in [0.2, 0.25) is 5.91 Å². The SMILES string of the molecule is CNCC(C)(C)CNC(=O)Cc1ccncc1. The normalized spacial score (nSPS) is 11.2. The van der Waals surface area contributed by atoms with Gasteiger partial charge in [0.25, 0.3) is 0 Å². The molecule has 0 spiro atoms. The summed E-state index contributed by atoms with van der Waals surface area (Å²) in [7, 11) is 1.92. The number of nitrogens with one attached hydrogen (secondary N) is 2. The molecule has 2 N–H and O–H groups in total. The number of rotatable bonds is 6. The van der Waals surface area contributed by atoms with E-state index in [1.165, 1.54) is 0 Å². The second-order valence-corrected chi connectivity index (χ2v) is 5.00. The van der Waals surface area contributed by atoms with Crippen molar-refractivity contribution < 1.29 is 4.79 Å². The fourth-order valence-corrected chi connectivity index (χ4v) is 1.63. The van der Waals surface area contributed by atoms with E-state index in [1.807, 2.05) is 19.2 Å².